The third kappa shape index (κ3) is 5.39. The van der Waals surface area contributed by atoms with Gasteiger partial charge in [0.25, 0.3) is 0 Å². The maximum absolute atomic E-state index is 9.18. The molecule has 2 aliphatic rings. The zero-order chi connectivity index (χ0) is 24.9. The van der Waals surface area contributed by atoms with E-state index in [0.717, 1.165) is 74.7 Å². The number of nitrogens with one attached hydrogen (secondary N) is 1. The monoisotopic (exact) mass is 504 g/mol. The van der Waals surface area contributed by atoms with E-state index in [1.54, 1.807) is 25.6 Å². The third-order valence-electron chi connectivity index (χ3n) is 6.90. The molecule has 0 unspecified atom stereocenters. The van der Waals surface area contributed by atoms with Crippen molar-refractivity contribution in [3.63, 3.8) is 0 Å². The first kappa shape index (κ1) is 24.3. The zero-order valence-electron chi connectivity index (χ0n) is 20.3. The second kappa shape index (κ2) is 11.1. The smallest absolute Gasteiger partial charge is 0.227 e. The Hall–Kier alpha value is -3.38. The maximum atomic E-state index is 9.18. The average molecular weight is 505 g/mol. The van der Waals surface area contributed by atoms with E-state index >= 15 is 0 Å². The van der Waals surface area contributed by atoms with Gasteiger partial charge in [-0.1, -0.05) is 17.7 Å². The van der Waals surface area contributed by atoms with Crippen LogP contribution in [0.2, 0.25) is 5.02 Å². The number of piperidine rings is 1. The molecule has 0 atom stereocenters. The van der Waals surface area contributed by atoms with Crippen molar-refractivity contribution in [3.8, 4) is 22.9 Å². The Morgan fingerprint density at radius 1 is 1.03 bits per heavy atom. The molecule has 0 spiro atoms. The summed E-state index contributed by atoms with van der Waals surface area (Å²) in [6, 6.07) is 14.2. The molecule has 8 nitrogen and oxygen atoms in total. The first-order valence-corrected chi connectivity index (χ1v) is 12.6. The summed E-state index contributed by atoms with van der Waals surface area (Å²) in [5, 5.41) is 13.0. The summed E-state index contributed by atoms with van der Waals surface area (Å²) >= 11 is 6.63. The number of morpholine rings is 1. The fourth-order valence-electron chi connectivity index (χ4n) is 4.86. The Bertz CT molecular complexity index is 1230. The van der Waals surface area contributed by atoms with E-state index in [1.165, 1.54) is 0 Å². The van der Waals surface area contributed by atoms with Gasteiger partial charge in [-0.2, -0.15) is 5.26 Å². The molecule has 0 bridgehead atoms. The van der Waals surface area contributed by atoms with Crippen molar-refractivity contribution in [2.45, 2.75) is 18.9 Å². The number of hydrogen-bond donors (Lipinski definition) is 1. The molecular formula is C27H29ClN6O2. The fourth-order valence-corrected chi connectivity index (χ4v) is 5.08. The van der Waals surface area contributed by atoms with Crippen molar-refractivity contribution in [2.75, 3.05) is 56.7 Å². The normalized spacial score (nSPS) is 17.0. The molecule has 3 aromatic rings. The molecule has 36 heavy (non-hydrogen) atoms. The molecular weight excluding hydrogens is 476 g/mol. The number of benzene rings is 2. The number of nitrogens with zero attached hydrogens (tertiary/aromatic N) is 5. The summed E-state index contributed by atoms with van der Waals surface area (Å²) in [4.78, 5) is 13.9. The summed E-state index contributed by atoms with van der Waals surface area (Å²) < 4.78 is 10.8. The van der Waals surface area contributed by atoms with E-state index in [2.05, 4.69) is 37.2 Å². The average Bonchev–Trinajstić information content (AvgIpc) is 2.94. The van der Waals surface area contributed by atoms with Crippen molar-refractivity contribution < 1.29 is 9.47 Å². The minimum Gasteiger partial charge on any atom is -0.495 e. The molecule has 0 saturated carbocycles. The highest BCUT2D eigenvalue weighted by Crippen LogP contribution is 2.32. The Morgan fingerprint density at radius 2 is 1.78 bits per heavy atom. The van der Waals surface area contributed by atoms with Gasteiger partial charge < -0.3 is 19.7 Å². The van der Waals surface area contributed by atoms with E-state index < -0.39 is 0 Å². The summed E-state index contributed by atoms with van der Waals surface area (Å²) in [6.07, 6.45) is 5.78. The van der Waals surface area contributed by atoms with Crippen LogP contribution in [-0.4, -0.2) is 67.4 Å². The lowest BCUT2D eigenvalue weighted by molar-refractivity contribution is 0.0115. The van der Waals surface area contributed by atoms with Gasteiger partial charge in [0.05, 0.1) is 36.6 Å². The van der Waals surface area contributed by atoms with Gasteiger partial charge >= 0.3 is 0 Å². The SMILES string of the molecule is COc1cc(-c2cnc(Nc3ccc(N4CCC(N5CCOCC5)CC4)cc3Cl)nc2)ccc1C#N. The standard InChI is InChI=1S/C27H29ClN6O2/c1-35-26-14-19(2-3-20(26)16-29)21-17-30-27(31-18-21)32-25-5-4-23(15-24(25)28)33-8-6-22(7-9-33)34-10-12-36-13-11-34/h2-5,14-15,17-18,22H,6-13H2,1H3,(H,30,31,32). The van der Waals surface area contributed by atoms with Crippen LogP contribution in [0, 0.1) is 11.3 Å². The molecule has 2 saturated heterocycles. The zero-order valence-corrected chi connectivity index (χ0v) is 21.0. The minimum atomic E-state index is 0.459. The van der Waals surface area contributed by atoms with Crippen LogP contribution in [0.25, 0.3) is 11.1 Å². The topological polar surface area (TPSA) is 86.5 Å². The van der Waals surface area contributed by atoms with Crippen molar-refractivity contribution in [1.82, 2.24) is 14.9 Å². The summed E-state index contributed by atoms with van der Waals surface area (Å²) in [6.45, 7) is 5.83. The molecule has 1 N–H and O–H groups in total. The lowest BCUT2D eigenvalue weighted by atomic mass is 10.0. The summed E-state index contributed by atoms with van der Waals surface area (Å²) in [5.74, 6) is 0.981. The van der Waals surface area contributed by atoms with Crippen LogP contribution in [0.4, 0.5) is 17.3 Å². The highest BCUT2D eigenvalue weighted by atomic mass is 35.5. The van der Waals surface area contributed by atoms with Gasteiger partial charge in [0.1, 0.15) is 11.8 Å². The van der Waals surface area contributed by atoms with E-state index in [9.17, 15) is 5.26 Å². The second-order valence-electron chi connectivity index (χ2n) is 8.98. The number of aromatic nitrogens is 2. The predicted octanol–water partition coefficient (Wildman–Crippen LogP) is 4.72. The molecule has 2 aliphatic heterocycles. The number of halogens is 1. The Balaban J connectivity index is 1.21. The van der Waals surface area contributed by atoms with Gasteiger partial charge in [0.2, 0.25) is 5.95 Å². The number of methoxy groups -OCH3 is 1. The second-order valence-corrected chi connectivity index (χ2v) is 9.39. The van der Waals surface area contributed by atoms with Gasteiger partial charge in [-0.25, -0.2) is 9.97 Å². The number of rotatable bonds is 6. The molecule has 0 aliphatic carbocycles. The molecule has 0 radical (unpaired) electrons. The van der Waals surface area contributed by atoms with E-state index in [0.29, 0.717) is 28.3 Å². The molecule has 186 valence electrons. The lowest BCUT2D eigenvalue weighted by Gasteiger charge is -2.40. The van der Waals surface area contributed by atoms with Crippen LogP contribution >= 0.6 is 11.6 Å². The van der Waals surface area contributed by atoms with Crippen LogP contribution in [0.1, 0.15) is 18.4 Å². The summed E-state index contributed by atoms with van der Waals surface area (Å²) in [5.41, 5.74) is 4.08. The number of nitriles is 1. The molecule has 2 aromatic carbocycles. The molecule has 2 fully saturated rings. The first-order chi connectivity index (χ1) is 17.6. The molecule has 1 aromatic heterocycles. The Labute approximate surface area is 216 Å². The predicted molar refractivity (Wildman–Crippen MR) is 141 cm³/mol. The molecule has 5 rings (SSSR count). The van der Waals surface area contributed by atoms with Crippen molar-refractivity contribution in [2.24, 2.45) is 0 Å². The Morgan fingerprint density at radius 3 is 2.44 bits per heavy atom. The number of ether oxygens (including phenoxy) is 2. The van der Waals surface area contributed by atoms with E-state index in [-0.39, 0.29) is 0 Å². The molecule has 3 heterocycles. The van der Waals surface area contributed by atoms with Crippen LogP contribution in [-0.2, 0) is 4.74 Å². The van der Waals surface area contributed by atoms with Gasteiger partial charge in [0, 0.05) is 55.9 Å². The van der Waals surface area contributed by atoms with Crippen molar-refractivity contribution in [1.29, 1.82) is 5.26 Å². The van der Waals surface area contributed by atoms with E-state index in [1.807, 2.05) is 24.3 Å². The van der Waals surface area contributed by atoms with Gasteiger partial charge in [0.15, 0.2) is 0 Å². The quantitative estimate of drug-likeness (QED) is 0.516. The number of anilines is 3. The Kier molecular flexibility index (Phi) is 7.52. The van der Waals surface area contributed by atoms with Crippen molar-refractivity contribution >= 4 is 28.9 Å². The van der Waals surface area contributed by atoms with Gasteiger partial charge in [-0.05, 0) is 48.7 Å². The van der Waals surface area contributed by atoms with Crippen LogP contribution in [0.15, 0.2) is 48.8 Å². The maximum Gasteiger partial charge on any atom is 0.227 e. The third-order valence-corrected chi connectivity index (χ3v) is 7.21. The summed E-state index contributed by atoms with van der Waals surface area (Å²) in [7, 11) is 1.55. The van der Waals surface area contributed by atoms with Crippen LogP contribution in [0.5, 0.6) is 5.75 Å². The van der Waals surface area contributed by atoms with Crippen LogP contribution in [0.3, 0.4) is 0 Å². The largest absolute Gasteiger partial charge is 0.495 e. The highest BCUT2D eigenvalue weighted by Gasteiger charge is 2.26. The van der Waals surface area contributed by atoms with Crippen LogP contribution < -0.4 is 15.0 Å². The highest BCUT2D eigenvalue weighted by molar-refractivity contribution is 6.33. The van der Waals surface area contributed by atoms with Gasteiger partial charge in [-0.3, -0.25) is 4.90 Å². The van der Waals surface area contributed by atoms with Crippen molar-refractivity contribution in [3.05, 3.63) is 59.4 Å². The lowest BCUT2D eigenvalue weighted by Crippen LogP contribution is -2.49. The van der Waals surface area contributed by atoms with Gasteiger partial charge in [-0.15, -0.1) is 0 Å². The minimum absolute atomic E-state index is 0.459. The van der Waals surface area contributed by atoms with E-state index in [4.69, 9.17) is 21.1 Å². The first-order valence-electron chi connectivity index (χ1n) is 12.2. The molecule has 0 amide bonds. The molecule has 9 heteroatoms. The fraction of sp³-hybridized carbons (Fsp3) is 0.370. The number of hydrogen-bond acceptors (Lipinski definition) is 8.